The first-order valence-electron chi connectivity index (χ1n) is 11.4. The van der Waals surface area contributed by atoms with Crippen LogP contribution in [0.5, 0.6) is 0 Å². The Labute approximate surface area is 225 Å². The highest BCUT2D eigenvalue weighted by Gasteiger charge is 2.41. The number of aromatic nitrogens is 2. The molecule has 1 aromatic rings. The van der Waals surface area contributed by atoms with Crippen LogP contribution in [-0.2, 0) is 10.0 Å². The summed E-state index contributed by atoms with van der Waals surface area (Å²) in [6, 6.07) is -0.975. The Kier molecular flexibility index (Phi) is 6.86. The number of aliphatic imine (C=N–C) groups is 2. The number of allylic oxidation sites excluding steroid dienone is 2. The van der Waals surface area contributed by atoms with Gasteiger partial charge in [0.2, 0.25) is 10.0 Å². The number of sulfonamides is 1. The number of halogens is 4. The van der Waals surface area contributed by atoms with E-state index in [1.54, 1.807) is 17.3 Å². The van der Waals surface area contributed by atoms with E-state index in [2.05, 4.69) is 31.3 Å². The molecule has 1 saturated heterocycles. The quantitative estimate of drug-likeness (QED) is 0.470. The normalized spacial score (nSPS) is 21.4. The van der Waals surface area contributed by atoms with Gasteiger partial charge in [0.25, 0.3) is 0 Å². The molecule has 0 amide bonds. The SMILES string of the molecule is C=C1C=C(Sc2nc3c(c(N4CC(NS(=O)(=O)CC(F)(F)F)C4)n2)C(Cl)=C(CC)C3=N)C=C2N=CC=NC12. The fourth-order valence-corrected chi connectivity index (χ4v) is 6.91. The van der Waals surface area contributed by atoms with E-state index in [9.17, 15) is 21.6 Å². The first kappa shape index (κ1) is 26.8. The highest BCUT2D eigenvalue weighted by atomic mass is 35.5. The average Bonchev–Trinajstić information content (AvgIpc) is 3.03. The Morgan fingerprint density at radius 3 is 2.68 bits per heavy atom. The zero-order valence-corrected chi connectivity index (χ0v) is 22.3. The number of alkyl halides is 3. The number of rotatable bonds is 7. The summed E-state index contributed by atoms with van der Waals surface area (Å²) in [5.74, 6) is -1.55. The number of fused-ring (bicyclic) bond motifs is 2. The summed E-state index contributed by atoms with van der Waals surface area (Å²) >= 11 is 7.86. The fourth-order valence-electron chi connectivity index (χ4n) is 4.47. The molecule has 1 aromatic heterocycles. The van der Waals surface area contributed by atoms with Crippen LogP contribution in [0.15, 0.2) is 55.6 Å². The van der Waals surface area contributed by atoms with Crippen molar-refractivity contribution in [3.63, 3.8) is 0 Å². The van der Waals surface area contributed by atoms with E-state index in [0.29, 0.717) is 39.3 Å². The molecule has 3 heterocycles. The van der Waals surface area contributed by atoms with Crippen molar-refractivity contribution >= 4 is 62.4 Å². The highest BCUT2D eigenvalue weighted by molar-refractivity contribution is 8.03. The fraction of sp³-hybridized carbons (Fsp3) is 0.348. The third kappa shape index (κ3) is 5.22. The molecule has 2 N–H and O–H groups in total. The number of hydrogen-bond acceptors (Lipinski definition) is 9. The standard InChI is InChI=1S/C23H21ClF3N7O2S2/c1-3-14-17(24)16-20(18(14)28)31-22(37-13-6-11(2)19-15(7-13)29-4-5-30-19)32-21(16)34-8-12(9-34)33-38(35,36)10-23(25,26)27/h4-7,12,19,28,33H,2-3,8-10H2,1H3. The maximum atomic E-state index is 12.6. The Balaban J connectivity index is 1.42. The van der Waals surface area contributed by atoms with Crippen LogP contribution in [0.1, 0.15) is 24.6 Å². The number of thioether (sulfide) groups is 1. The molecule has 15 heteroatoms. The summed E-state index contributed by atoms with van der Waals surface area (Å²) in [5.41, 5.74) is 3.07. The van der Waals surface area contributed by atoms with Crippen LogP contribution >= 0.6 is 23.4 Å². The van der Waals surface area contributed by atoms with Gasteiger partial charge in [0, 0.05) is 30.4 Å². The van der Waals surface area contributed by atoms with Gasteiger partial charge in [0.1, 0.15) is 17.6 Å². The van der Waals surface area contributed by atoms with Crippen molar-refractivity contribution in [3.8, 4) is 0 Å². The summed E-state index contributed by atoms with van der Waals surface area (Å²) in [6.07, 6.45) is 2.58. The van der Waals surface area contributed by atoms with Crippen LogP contribution in [0.25, 0.3) is 5.03 Å². The van der Waals surface area contributed by atoms with Crippen molar-refractivity contribution in [1.82, 2.24) is 14.7 Å². The molecule has 2 aliphatic carbocycles. The van der Waals surface area contributed by atoms with Crippen molar-refractivity contribution < 1.29 is 21.6 Å². The van der Waals surface area contributed by atoms with E-state index in [4.69, 9.17) is 17.0 Å². The van der Waals surface area contributed by atoms with Crippen molar-refractivity contribution in [2.24, 2.45) is 9.98 Å². The van der Waals surface area contributed by atoms with Crippen LogP contribution in [0.3, 0.4) is 0 Å². The van der Waals surface area contributed by atoms with E-state index in [1.165, 1.54) is 11.8 Å². The Morgan fingerprint density at radius 1 is 1.26 bits per heavy atom. The van der Waals surface area contributed by atoms with Gasteiger partial charge in [0.15, 0.2) is 10.9 Å². The van der Waals surface area contributed by atoms with E-state index < -0.39 is 28.0 Å². The molecule has 1 fully saturated rings. The molecule has 0 bridgehead atoms. The highest BCUT2D eigenvalue weighted by Crippen LogP contribution is 2.44. The van der Waals surface area contributed by atoms with E-state index in [0.717, 1.165) is 16.2 Å². The first-order valence-corrected chi connectivity index (χ1v) is 14.3. The molecule has 0 saturated carbocycles. The third-order valence-corrected chi connectivity index (χ3v) is 8.76. The maximum Gasteiger partial charge on any atom is 0.404 e. The molecule has 4 aliphatic rings. The molecular formula is C23H21ClF3N7O2S2. The number of nitrogens with zero attached hydrogens (tertiary/aromatic N) is 5. The lowest BCUT2D eigenvalue weighted by Gasteiger charge is -2.41. The predicted molar refractivity (Wildman–Crippen MR) is 143 cm³/mol. The minimum Gasteiger partial charge on any atom is -0.353 e. The van der Waals surface area contributed by atoms with Crippen molar-refractivity contribution in [2.45, 2.75) is 36.8 Å². The molecule has 38 heavy (non-hydrogen) atoms. The van der Waals surface area contributed by atoms with Gasteiger partial charge in [-0.25, -0.2) is 23.1 Å². The minimum atomic E-state index is -4.84. The van der Waals surface area contributed by atoms with Crippen LogP contribution in [-0.4, -0.2) is 73.6 Å². The molecule has 5 rings (SSSR count). The molecule has 1 atom stereocenters. The molecular weight excluding hydrogens is 563 g/mol. The monoisotopic (exact) mass is 583 g/mol. The summed E-state index contributed by atoms with van der Waals surface area (Å²) in [6.45, 7) is 6.10. The predicted octanol–water partition coefficient (Wildman–Crippen LogP) is 3.84. The summed E-state index contributed by atoms with van der Waals surface area (Å²) < 4.78 is 63.7. The van der Waals surface area contributed by atoms with Crippen molar-refractivity contribution in [2.75, 3.05) is 23.7 Å². The van der Waals surface area contributed by atoms with Gasteiger partial charge in [-0.05, 0) is 41.5 Å². The lowest BCUT2D eigenvalue weighted by atomic mass is 10.0. The molecule has 0 aromatic carbocycles. The van der Waals surface area contributed by atoms with Gasteiger partial charge in [-0.3, -0.25) is 15.4 Å². The Morgan fingerprint density at radius 2 is 2.00 bits per heavy atom. The summed E-state index contributed by atoms with van der Waals surface area (Å²) in [5, 5.41) is 9.27. The average molecular weight is 584 g/mol. The van der Waals surface area contributed by atoms with Gasteiger partial charge in [-0.1, -0.05) is 25.1 Å². The molecule has 2 aliphatic heterocycles. The van der Waals surface area contributed by atoms with Crippen LogP contribution in [0.2, 0.25) is 0 Å². The van der Waals surface area contributed by atoms with Crippen LogP contribution < -0.4 is 9.62 Å². The second kappa shape index (κ2) is 9.74. The summed E-state index contributed by atoms with van der Waals surface area (Å²) in [4.78, 5) is 20.5. The third-order valence-electron chi connectivity index (χ3n) is 6.11. The van der Waals surface area contributed by atoms with Gasteiger partial charge in [0.05, 0.1) is 28.0 Å². The van der Waals surface area contributed by atoms with Gasteiger partial charge in [-0.15, -0.1) is 0 Å². The zero-order valence-electron chi connectivity index (χ0n) is 19.9. The topological polar surface area (TPSA) is 124 Å². The largest absolute Gasteiger partial charge is 0.404 e. The molecule has 0 spiro atoms. The lowest BCUT2D eigenvalue weighted by molar-refractivity contribution is -0.106. The van der Waals surface area contributed by atoms with E-state index in [-0.39, 0.29) is 24.8 Å². The van der Waals surface area contributed by atoms with Crippen molar-refractivity contribution in [3.05, 3.63) is 51.7 Å². The number of anilines is 1. The van der Waals surface area contributed by atoms with E-state index >= 15 is 0 Å². The second-order valence-electron chi connectivity index (χ2n) is 8.94. The Bertz CT molecular complexity index is 1510. The van der Waals surface area contributed by atoms with E-state index in [1.807, 2.05) is 19.1 Å². The van der Waals surface area contributed by atoms with Gasteiger partial charge >= 0.3 is 6.18 Å². The van der Waals surface area contributed by atoms with Crippen molar-refractivity contribution in [1.29, 1.82) is 5.41 Å². The lowest BCUT2D eigenvalue weighted by Crippen LogP contribution is -2.60. The molecule has 1 unspecified atom stereocenters. The van der Waals surface area contributed by atoms with Gasteiger partial charge in [-0.2, -0.15) is 13.2 Å². The Hall–Kier alpha value is -2.81. The number of hydrogen-bond donors (Lipinski definition) is 2. The minimum absolute atomic E-state index is 0.0849. The summed E-state index contributed by atoms with van der Waals surface area (Å²) in [7, 11) is -4.54. The molecule has 9 nitrogen and oxygen atoms in total. The molecule has 200 valence electrons. The number of nitrogens with one attached hydrogen (secondary N) is 2. The first-order chi connectivity index (χ1) is 17.8. The zero-order chi connectivity index (χ0) is 27.4. The molecule has 0 radical (unpaired) electrons. The second-order valence-corrected chi connectivity index (χ2v) is 12.1. The van der Waals surface area contributed by atoms with Gasteiger partial charge < -0.3 is 4.90 Å². The smallest absolute Gasteiger partial charge is 0.353 e. The van der Waals surface area contributed by atoms with Crippen LogP contribution in [0, 0.1) is 5.41 Å². The van der Waals surface area contributed by atoms with Crippen LogP contribution in [0.4, 0.5) is 19.0 Å². The maximum absolute atomic E-state index is 12.6.